The van der Waals surface area contributed by atoms with Gasteiger partial charge >= 0.3 is 6.09 Å². The number of ether oxygens (including phenoxy) is 1. The second-order valence-corrected chi connectivity index (χ2v) is 13.2. The predicted octanol–water partition coefficient (Wildman–Crippen LogP) is 5.92. The Morgan fingerprint density at radius 2 is 1.79 bits per heavy atom. The number of likely N-dealkylation sites (tertiary alicyclic amines) is 1. The van der Waals surface area contributed by atoms with Gasteiger partial charge in [0.25, 0.3) is 5.56 Å². The number of para-hydroxylation sites is 1. The number of hydrogen-bond acceptors (Lipinski definition) is 6. The van der Waals surface area contributed by atoms with Gasteiger partial charge in [0.15, 0.2) is 11.9 Å². The molecule has 0 saturated carbocycles. The molecule has 0 aliphatic carbocycles. The largest absolute Gasteiger partial charge is 0.438 e. The quantitative estimate of drug-likeness (QED) is 0.199. The number of nitrogens with one attached hydrogen (secondary N) is 3. The van der Waals surface area contributed by atoms with E-state index in [0.29, 0.717) is 45.1 Å². The molecule has 6 aromatic rings. The van der Waals surface area contributed by atoms with Crippen LogP contribution in [0, 0.1) is 6.92 Å². The van der Waals surface area contributed by atoms with Crippen molar-refractivity contribution in [1.29, 1.82) is 0 Å². The van der Waals surface area contributed by atoms with Gasteiger partial charge in [-0.2, -0.15) is 5.10 Å². The maximum Gasteiger partial charge on any atom is 0.410 e. The number of rotatable bonds is 7. The fourth-order valence-corrected chi connectivity index (χ4v) is 7.48. The average Bonchev–Trinajstić information content (AvgIpc) is 3.76. The van der Waals surface area contributed by atoms with Crippen molar-refractivity contribution in [1.82, 2.24) is 34.9 Å². The summed E-state index contributed by atoms with van der Waals surface area (Å²) in [5, 5.41) is 13.0. The number of carbonyl (C=O) groups excluding carboxylic acids is 1. The van der Waals surface area contributed by atoms with Crippen LogP contribution in [-0.4, -0.2) is 54.9 Å². The van der Waals surface area contributed by atoms with Gasteiger partial charge in [-0.1, -0.05) is 54.6 Å². The first kappa shape index (κ1) is 30.1. The van der Waals surface area contributed by atoms with E-state index in [1.165, 1.54) is 5.56 Å². The van der Waals surface area contributed by atoms with Crippen LogP contribution in [0.15, 0.2) is 90.0 Å². The van der Waals surface area contributed by atoms with E-state index < -0.39 is 6.10 Å². The molecular weight excluding hydrogens is 602 g/mol. The van der Waals surface area contributed by atoms with E-state index in [2.05, 4.69) is 68.4 Å². The zero-order valence-corrected chi connectivity index (χ0v) is 27.0. The number of aromatic nitrogens is 5. The lowest BCUT2D eigenvalue weighted by Gasteiger charge is -2.33. The second-order valence-electron chi connectivity index (χ2n) is 13.2. The van der Waals surface area contributed by atoms with Crippen LogP contribution in [0.25, 0.3) is 21.8 Å². The molecule has 2 aliphatic heterocycles. The molecule has 3 N–H and O–H groups in total. The van der Waals surface area contributed by atoms with Gasteiger partial charge in [-0.05, 0) is 72.4 Å². The minimum absolute atomic E-state index is 0.0524. The number of benzene rings is 3. The lowest BCUT2D eigenvalue weighted by Crippen LogP contribution is -2.42. The monoisotopic (exact) mass is 641 g/mol. The molecule has 1 fully saturated rings. The standard InChI is InChI=1S/C38H39N7O3/c1-24-15-26(16-29-21-41-43-35(24)29)18-34(36-39-22-31-20-30(40-23-45(31)36)17-25-7-3-2-4-8-25)48-38(47)44-13-11-27(12-14-44)32-19-28-9-5-6-10-33(28)42-37(32)46/h2-10,15-16,19,21-22,27,30,34,40H,11-14,17-18,20,23H2,1H3,(H,41,43)(H,42,46). The number of piperidine rings is 1. The van der Waals surface area contributed by atoms with Crippen molar-refractivity contribution in [3.05, 3.63) is 129 Å². The van der Waals surface area contributed by atoms with Gasteiger partial charge < -0.3 is 19.2 Å². The minimum Gasteiger partial charge on any atom is -0.438 e. The van der Waals surface area contributed by atoms with E-state index in [1.807, 2.05) is 48.8 Å². The summed E-state index contributed by atoms with van der Waals surface area (Å²) in [6.07, 6.45) is 6.48. The lowest BCUT2D eigenvalue weighted by molar-refractivity contribution is 0.0499. The molecule has 48 heavy (non-hydrogen) atoms. The van der Waals surface area contributed by atoms with Crippen LogP contribution in [0.4, 0.5) is 4.79 Å². The van der Waals surface area contributed by atoms with E-state index >= 15 is 0 Å². The highest BCUT2D eigenvalue weighted by Crippen LogP contribution is 2.31. The summed E-state index contributed by atoms with van der Waals surface area (Å²) in [6, 6.07) is 24.9. The number of aryl methyl sites for hydroxylation is 1. The van der Waals surface area contributed by atoms with Gasteiger partial charge in [0.05, 0.1) is 18.4 Å². The number of imidazole rings is 1. The molecule has 1 saturated heterocycles. The summed E-state index contributed by atoms with van der Waals surface area (Å²) in [6.45, 7) is 3.70. The number of aromatic amines is 2. The summed E-state index contributed by atoms with van der Waals surface area (Å²) in [5.74, 6) is 0.823. The fourth-order valence-electron chi connectivity index (χ4n) is 7.48. The summed E-state index contributed by atoms with van der Waals surface area (Å²) in [7, 11) is 0. The number of pyridine rings is 1. The first-order valence-electron chi connectivity index (χ1n) is 16.8. The number of H-pyrrole nitrogens is 2. The normalized spacial score (nSPS) is 17.4. The van der Waals surface area contributed by atoms with Gasteiger partial charge in [0.1, 0.15) is 0 Å². The van der Waals surface area contributed by atoms with Crippen LogP contribution in [0.1, 0.15) is 58.6 Å². The third-order valence-corrected chi connectivity index (χ3v) is 10.0. The Kier molecular flexibility index (Phi) is 8.01. The van der Waals surface area contributed by atoms with Crippen molar-refractivity contribution in [3.8, 4) is 0 Å². The maximum atomic E-state index is 13.8. The van der Waals surface area contributed by atoms with E-state index in [0.717, 1.165) is 62.9 Å². The third kappa shape index (κ3) is 5.99. The summed E-state index contributed by atoms with van der Waals surface area (Å²) in [5.41, 5.74) is 7.15. The Morgan fingerprint density at radius 1 is 0.979 bits per heavy atom. The first-order chi connectivity index (χ1) is 23.5. The molecule has 2 aliphatic rings. The van der Waals surface area contributed by atoms with Gasteiger partial charge in [0.2, 0.25) is 0 Å². The van der Waals surface area contributed by atoms with Crippen molar-refractivity contribution < 1.29 is 9.53 Å². The number of hydrogen-bond donors (Lipinski definition) is 3. The van der Waals surface area contributed by atoms with Gasteiger partial charge in [-0.3, -0.25) is 15.2 Å². The summed E-state index contributed by atoms with van der Waals surface area (Å²) in [4.78, 5) is 36.4. The molecule has 2 unspecified atom stereocenters. The number of amides is 1. The highest BCUT2D eigenvalue weighted by atomic mass is 16.6. The van der Waals surface area contributed by atoms with Crippen molar-refractivity contribution in [2.75, 3.05) is 13.1 Å². The van der Waals surface area contributed by atoms with E-state index in [-0.39, 0.29) is 17.6 Å². The van der Waals surface area contributed by atoms with Crippen LogP contribution >= 0.6 is 0 Å². The maximum absolute atomic E-state index is 13.8. The zero-order chi connectivity index (χ0) is 32.6. The van der Waals surface area contributed by atoms with E-state index in [4.69, 9.17) is 9.72 Å². The smallest absolute Gasteiger partial charge is 0.410 e. The van der Waals surface area contributed by atoms with Crippen LogP contribution < -0.4 is 10.9 Å². The topological polar surface area (TPSA) is 121 Å². The molecule has 5 heterocycles. The summed E-state index contributed by atoms with van der Waals surface area (Å²) < 4.78 is 8.53. The van der Waals surface area contributed by atoms with Crippen LogP contribution in [-0.2, 0) is 30.7 Å². The minimum atomic E-state index is -0.580. The third-order valence-electron chi connectivity index (χ3n) is 10.0. The molecule has 10 nitrogen and oxygen atoms in total. The summed E-state index contributed by atoms with van der Waals surface area (Å²) >= 11 is 0. The molecule has 1 amide bonds. The highest BCUT2D eigenvalue weighted by Gasteiger charge is 2.32. The van der Waals surface area contributed by atoms with Gasteiger partial charge in [-0.15, -0.1) is 0 Å². The van der Waals surface area contributed by atoms with Crippen molar-refractivity contribution in [2.24, 2.45) is 0 Å². The molecule has 0 spiro atoms. The van der Waals surface area contributed by atoms with Crippen molar-refractivity contribution in [2.45, 2.75) is 63.8 Å². The van der Waals surface area contributed by atoms with Crippen LogP contribution in [0.5, 0.6) is 0 Å². The SMILES string of the molecule is Cc1cc(CC(OC(=O)N2CCC(c3cc4ccccc4[nH]c3=O)CC2)c2ncc3n2CNC(Cc2ccccc2)C3)cc2cn[nH]c12. The number of nitrogens with zero attached hydrogens (tertiary/aromatic N) is 4. The Morgan fingerprint density at radius 3 is 2.65 bits per heavy atom. The Bertz CT molecular complexity index is 2140. The molecule has 8 rings (SSSR count). The Labute approximate surface area is 278 Å². The van der Waals surface area contributed by atoms with Crippen LogP contribution in [0.2, 0.25) is 0 Å². The second kappa shape index (κ2) is 12.8. The lowest BCUT2D eigenvalue weighted by atomic mass is 9.89. The molecule has 0 radical (unpaired) electrons. The zero-order valence-electron chi connectivity index (χ0n) is 27.0. The molecule has 3 aromatic carbocycles. The predicted molar refractivity (Wildman–Crippen MR) is 185 cm³/mol. The van der Waals surface area contributed by atoms with Crippen molar-refractivity contribution >= 4 is 27.9 Å². The van der Waals surface area contributed by atoms with Gasteiger partial charge in [0, 0.05) is 60.3 Å². The highest BCUT2D eigenvalue weighted by molar-refractivity contribution is 5.82. The Balaban J connectivity index is 1.01. The van der Waals surface area contributed by atoms with E-state index in [1.54, 1.807) is 4.90 Å². The Hall–Kier alpha value is -5.22. The van der Waals surface area contributed by atoms with Crippen LogP contribution in [0.3, 0.4) is 0 Å². The number of carbonyl (C=O) groups is 1. The molecule has 244 valence electrons. The molecule has 0 bridgehead atoms. The van der Waals surface area contributed by atoms with Gasteiger partial charge in [-0.25, -0.2) is 9.78 Å². The molecular formula is C38H39N7O3. The average molecular weight is 642 g/mol. The molecule has 2 atom stereocenters. The first-order valence-corrected chi connectivity index (χ1v) is 16.8. The number of fused-ring (bicyclic) bond motifs is 3. The van der Waals surface area contributed by atoms with Crippen molar-refractivity contribution in [3.63, 3.8) is 0 Å². The molecule has 3 aromatic heterocycles. The van der Waals surface area contributed by atoms with E-state index in [9.17, 15) is 9.59 Å². The fraction of sp³-hybridized carbons (Fsp3) is 0.316. The molecule has 10 heteroatoms.